The predicted molar refractivity (Wildman–Crippen MR) is 106 cm³/mol. The normalized spacial score (nSPS) is 19.8. The molecule has 0 unspecified atom stereocenters. The molecule has 0 radical (unpaired) electrons. The van der Waals surface area contributed by atoms with Gasteiger partial charge in [-0.2, -0.15) is 0 Å². The standard InChI is InChI=1S/C23H25NO4/c1-27-20-12-11-17(13-21(20)28-19-9-5-6-10-19)18-14-22(25)24(15-18)23(26)16-7-3-2-4-8-16/h2-4,7-8,11-13,18-19H,5-6,9-10,14-15H2,1H3/t18-/m0/s1. The van der Waals surface area contributed by atoms with Crippen LogP contribution in [0.3, 0.4) is 0 Å². The fraction of sp³-hybridized carbons (Fsp3) is 0.391. The highest BCUT2D eigenvalue weighted by Gasteiger charge is 2.35. The molecule has 28 heavy (non-hydrogen) atoms. The summed E-state index contributed by atoms with van der Waals surface area (Å²) in [6, 6.07) is 14.8. The predicted octanol–water partition coefficient (Wildman–Crippen LogP) is 4.17. The van der Waals surface area contributed by atoms with Crippen molar-refractivity contribution in [1.29, 1.82) is 0 Å². The van der Waals surface area contributed by atoms with Crippen LogP contribution in [0.4, 0.5) is 0 Å². The number of rotatable bonds is 5. The first-order valence-corrected chi connectivity index (χ1v) is 9.90. The van der Waals surface area contributed by atoms with Crippen molar-refractivity contribution in [3.8, 4) is 11.5 Å². The van der Waals surface area contributed by atoms with E-state index in [9.17, 15) is 9.59 Å². The van der Waals surface area contributed by atoms with Crippen molar-refractivity contribution < 1.29 is 19.1 Å². The molecule has 1 saturated carbocycles. The number of hydrogen-bond acceptors (Lipinski definition) is 4. The van der Waals surface area contributed by atoms with Crippen LogP contribution < -0.4 is 9.47 Å². The molecule has 5 nitrogen and oxygen atoms in total. The van der Waals surface area contributed by atoms with E-state index in [1.807, 2.05) is 24.3 Å². The summed E-state index contributed by atoms with van der Waals surface area (Å²) in [7, 11) is 1.63. The van der Waals surface area contributed by atoms with Gasteiger partial charge in [0.05, 0.1) is 13.2 Å². The van der Waals surface area contributed by atoms with Gasteiger partial charge in [0.1, 0.15) is 0 Å². The average molecular weight is 379 g/mol. The number of nitrogens with zero attached hydrogens (tertiary/aromatic N) is 1. The monoisotopic (exact) mass is 379 g/mol. The van der Waals surface area contributed by atoms with E-state index in [1.54, 1.807) is 31.4 Å². The number of hydrogen-bond donors (Lipinski definition) is 0. The van der Waals surface area contributed by atoms with E-state index in [2.05, 4.69) is 0 Å². The fourth-order valence-corrected chi connectivity index (χ4v) is 4.09. The van der Waals surface area contributed by atoms with Gasteiger partial charge in [-0.1, -0.05) is 24.3 Å². The van der Waals surface area contributed by atoms with Crippen LogP contribution in [0.15, 0.2) is 48.5 Å². The number of ether oxygens (including phenoxy) is 2. The molecule has 1 aliphatic carbocycles. The molecule has 0 aromatic heterocycles. The van der Waals surface area contributed by atoms with E-state index >= 15 is 0 Å². The molecule has 0 spiro atoms. The maximum atomic E-state index is 12.7. The van der Waals surface area contributed by atoms with Gasteiger partial charge < -0.3 is 9.47 Å². The van der Waals surface area contributed by atoms with Crippen LogP contribution in [-0.2, 0) is 4.79 Å². The molecule has 5 heteroatoms. The lowest BCUT2D eigenvalue weighted by molar-refractivity contribution is -0.125. The Labute approximate surface area is 165 Å². The van der Waals surface area contributed by atoms with Crippen LogP contribution in [0.5, 0.6) is 11.5 Å². The molecule has 146 valence electrons. The van der Waals surface area contributed by atoms with E-state index in [1.165, 1.54) is 17.7 Å². The molecule has 2 aromatic carbocycles. The Morgan fingerprint density at radius 2 is 1.79 bits per heavy atom. The summed E-state index contributed by atoms with van der Waals surface area (Å²) < 4.78 is 11.6. The quantitative estimate of drug-likeness (QED) is 0.732. The number of carbonyl (C=O) groups excluding carboxylic acids is 2. The van der Waals surface area contributed by atoms with Crippen molar-refractivity contribution in [3.05, 3.63) is 59.7 Å². The van der Waals surface area contributed by atoms with Gasteiger partial charge in [-0.05, 0) is 55.5 Å². The van der Waals surface area contributed by atoms with Gasteiger partial charge >= 0.3 is 0 Å². The van der Waals surface area contributed by atoms with Crippen molar-refractivity contribution in [2.75, 3.05) is 13.7 Å². The Morgan fingerprint density at radius 1 is 1.04 bits per heavy atom. The van der Waals surface area contributed by atoms with E-state index in [0.717, 1.165) is 24.2 Å². The summed E-state index contributed by atoms with van der Waals surface area (Å²) in [5.74, 6) is 1.04. The van der Waals surface area contributed by atoms with Crippen LogP contribution >= 0.6 is 0 Å². The molecule has 2 aliphatic rings. The minimum Gasteiger partial charge on any atom is -0.493 e. The van der Waals surface area contributed by atoms with E-state index < -0.39 is 0 Å². The number of imide groups is 1. The zero-order valence-corrected chi connectivity index (χ0v) is 16.1. The van der Waals surface area contributed by atoms with Gasteiger partial charge in [0, 0.05) is 24.4 Å². The zero-order valence-electron chi connectivity index (χ0n) is 16.1. The van der Waals surface area contributed by atoms with Crippen molar-refractivity contribution in [2.45, 2.75) is 44.1 Å². The Hall–Kier alpha value is -2.82. The lowest BCUT2D eigenvalue weighted by atomic mass is 9.98. The van der Waals surface area contributed by atoms with E-state index in [0.29, 0.717) is 24.3 Å². The lowest BCUT2D eigenvalue weighted by Gasteiger charge is -2.19. The van der Waals surface area contributed by atoms with Crippen LogP contribution in [0, 0.1) is 0 Å². The topological polar surface area (TPSA) is 55.8 Å². The minimum atomic E-state index is -0.232. The molecule has 2 aromatic rings. The highest BCUT2D eigenvalue weighted by Crippen LogP contribution is 2.37. The molecule has 2 fully saturated rings. The van der Waals surface area contributed by atoms with Gasteiger partial charge in [-0.3, -0.25) is 14.5 Å². The summed E-state index contributed by atoms with van der Waals surface area (Å²) >= 11 is 0. The van der Waals surface area contributed by atoms with Crippen LogP contribution in [0.1, 0.15) is 53.9 Å². The molecule has 1 aliphatic heterocycles. The second kappa shape index (κ2) is 8.05. The first kappa shape index (κ1) is 18.5. The van der Waals surface area contributed by atoms with Gasteiger partial charge in [0.25, 0.3) is 5.91 Å². The molecule has 1 heterocycles. The second-order valence-corrected chi connectivity index (χ2v) is 7.51. The second-order valence-electron chi connectivity index (χ2n) is 7.51. The Kier molecular flexibility index (Phi) is 5.33. The molecule has 1 saturated heterocycles. The Bertz CT molecular complexity index is 858. The number of carbonyl (C=O) groups is 2. The highest BCUT2D eigenvalue weighted by molar-refractivity contribution is 6.06. The third-order valence-electron chi connectivity index (χ3n) is 5.65. The largest absolute Gasteiger partial charge is 0.493 e. The van der Waals surface area contributed by atoms with Crippen LogP contribution in [-0.4, -0.2) is 36.5 Å². The minimum absolute atomic E-state index is 0.0306. The molecule has 2 amide bonds. The molecular formula is C23H25NO4. The third-order valence-corrected chi connectivity index (χ3v) is 5.65. The molecule has 4 rings (SSSR count). The smallest absolute Gasteiger partial charge is 0.260 e. The van der Waals surface area contributed by atoms with Crippen LogP contribution in [0.2, 0.25) is 0 Å². The molecular weight excluding hydrogens is 354 g/mol. The van der Waals surface area contributed by atoms with Gasteiger partial charge in [0.15, 0.2) is 11.5 Å². The molecule has 0 bridgehead atoms. The summed E-state index contributed by atoms with van der Waals surface area (Å²) in [5, 5.41) is 0. The van der Waals surface area contributed by atoms with Crippen molar-refractivity contribution in [3.63, 3.8) is 0 Å². The van der Waals surface area contributed by atoms with Crippen molar-refractivity contribution in [2.24, 2.45) is 0 Å². The average Bonchev–Trinajstić information content (AvgIpc) is 3.37. The SMILES string of the molecule is COc1ccc([C@H]2CC(=O)N(C(=O)c3ccccc3)C2)cc1OC1CCCC1. The Balaban J connectivity index is 1.52. The van der Waals surface area contributed by atoms with E-state index in [4.69, 9.17) is 9.47 Å². The number of amides is 2. The Morgan fingerprint density at radius 3 is 2.50 bits per heavy atom. The first-order valence-electron chi connectivity index (χ1n) is 9.90. The maximum absolute atomic E-state index is 12.7. The number of benzene rings is 2. The zero-order chi connectivity index (χ0) is 19.5. The van der Waals surface area contributed by atoms with Gasteiger partial charge in [-0.15, -0.1) is 0 Å². The summed E-state index contributed by atoms with van der Waals surface area (Å²) in [5.41, 5.74) is 1.54. The van der Waals surface area contributed by atoms with Gasteiger partial charge in [-0.25, -0.2) is 0 Å². The molecule has 1 atom stereocenters. The van der Waals surface area contributed by atoms with E-state index in [-0.39, 0.29) is 23.8 Å². The van der Waals surface area contributed by atoms with Crippen molar-refractivity contribution >= 4 is 11.8 Å². The van der Waals surface area contributed by atoms with Crippen LogP contribution in [0.25, 0.3) is 0 Å². The molecule has 0 N–H and O–H groups in total. The highest BCUT2D eigenvalue weighted by atomic mass is 16.5. The summed E-state index contributed by atoms with van der Waals surface area (Å²) in [6.07, 6.45) is 5.07. The number of methoxy groups -OCH3 is 1. The lowest BCUT2D eigenvalue weighted by Crippen LogP contribution is -2.32. The fourth-order valence-electron chi connectivity index (χ4n) is 4.09. The van der Waals surface area contributed by atoms with Gasteiger partial charge in [0.2, 0.25) is 5.91 Å². The van der Waals surface area contributed by atoms with Crippen molar-refractivity contribution in [1.82, 2.24) is 4.90 Å². The maximum Gasteiger partial charge on any atom is 0.260 e. The third kappa shape index (κ3) is 3.75. The summed E-state index contributed by atoms with van der Waals surface area (Å²) in [4.78, 5) is 26.6. The summed E-state index contributed by atoms with van der Waals surface area (Å²) in [6.45, 7) is 0.391. The number of likely N-dealkylation sites (tertiary alicyclic amines) is 1. The first-order chi connectivity index (χ1) is 13.7.